The lowest BCUT2D eigenvalue weighted by atomic mass is 10.00. The van der Waals surface area contributed by atoms with Crippen LogP contribution in [0, 0.1) is 20.8 Å². The van der Waals surface area contributed by atoms with E-state index >= 15 is 0 Å². The largest absolute Gasteiger partial charge is 0.288 e. The van der Waals surface area contributed by atoms with Crippen LogP contribution in [0.25, 0.3) is 0 Å². The van der Waals surface area contributed by atoms with Crippen molar-refractivity contribution in [3.05, 3.63) is 95.1 Å². The van der Waals surface area contributed by atoms with Crippen LogP contribution in [0.2, 0.25) is 0 Å². The van der Waals surface area contributed by atoms with Crippen LogP contribution < -0.4 is 10.6 Å². The van der Waals surface area contributed by atoms with Crippen molar-refractivity contribution in [3.63, 3.8) is 0 Å². The summed E-state index contributed by atoms with van der Waals surface area (Å²) in [5, 5.41) is 2.20. The Morgan fingerprint density at radius 1 is 0.667 bits per heavy atom. The topological polar surface area (TPSA) is 17.1 Å². The molecule has 0 radical (unpaired) electrons. The van der Waals surface area contributed by atoms with Crippen molar-refractivity contribution in [1.82, 2.24) is 0 Å². The lowest BCUT2D eigenvalue weighted by Gasteiger charge is -2.19. The molecule has 0 heterocycles. The predicted molar refractivity (Wildman–Crippen MR) is 104 cm³/mol. The van der Waals surface area contributed by atoms with Gasteiger partial charge in [-0.1, -0.05) is 72.8 Å². The minimum Gasteiger partial charge on any atom is -0.288 e. The monoisotopic (exact) mass is 332 g/mol. The van der Waals surface area contributed by atoms with Gasteiger partial charge in [0.15, 0.2) is 5.52 Å². The van der Waals surface area contributed by atoms with E-state index in [1.54, 1.807) is 0 Å². The summed E-state index contributed by atoms with van der Waals surface area (Å²) in [5.41, 5.74) is 4.60. The molecule has 0 fully saturated rings. The molecule has 0 atom stereocenters. The highest BCUT2D eigenvalue weighted by atomic mass is 31.1. The standard InChI is InChI=1S/C22H21OP/c1-16-14-15-21(18(3)17(16)2)22(23)24(19-10-6-4-7-11-19)20-12-8-5-9-13-20/h4-15H,1-3H3. The molecule has 3 rings (SSSR count). The molecule has 0 aliphatic carbocycles. The average Bonchev–Trinajstić information content (AvgIpc) is 2.62. The number of hydrogen-bond donors (Lipinski definition) is 0. The third-order valence-electron chi connectivity index (χ3n) is 4.52. The molecule has 0 aliphatic rings. The third-order valence-corrected chi connectivity index (χ3v) is 6.80. The first kappa shape index (κ1) is 16.6. The molecule has 0 spiro atoms. The Morgan fingerprint density at radius 2 is 1.17 bits per heavy atom. The molecule has 0 amide bonds. The van der Waals surface area contributed by atoms with E-state index in [9.17, 15) is 4.79 Å². The van der Waals surface area contributed by atoms with E-state index in [4.69, 9.17) is 0 Å². The zero-order chi connectivity index (χ0) is 17.1. The van der Waals surface area contributed by atoms with Gasteiger partial charge in [-0.3, -0.25) is 4.79 Å². The highest BCUT2D eigenvalue weighted by Crippen LogP contribution is 2.39. The molecule has 0 unspecified atom stereocenters. The second kappa shape index (κ2) is 7.11. The summed E-state index contributed by atoms with van der Waals surface area (Å²) in [5.74, 6) is 0. The van der Waals surface area contributed by atoms with Crippen LogP contribution in [0.3, 0.4) is 0 Å². The molecule has 3 aromatic rings. The number of carbonyl (C=O) groups is 1. The van der Waals surface area contributed by atoms with E-state index < -0.39 is 7.92 Å². The van der Waals surface area contributed by atoms with Gasteiger partial charge in [0.25, 0.3) is 0 Å². The summed E-state index contributed by atoms with van der Waals surface area (Å²) in [7, 11) is -1.07. The van der Waals surface area contributed by atoms with Gasteiger partial charge in [0, 0.05) is 13.5 Å². The molecule has 0 N–H and O–H groups in total. The van der Waals surface area contributed by atoms with E-state index in [-0.39, 0.29) is 5.52 Å². The van der Waals surface area contributed by atoms with Crippen molar-refractivity contribution in [2.24, 2.45) is 0 Å². The van der Waals surface area contributed by atoms with Gasteiger partial charge in [0.2, 0.25) is 0 Å². The first-order chi connectivity index (χ1) is 11.6. The molecule has 0 saturated carbocycles. The number of rotatable bonds is 4. The van der Waals surface area contributed by atoms with Gasteiger partial charge in [-0.25, -0.2) is 0 Å². The Balaban J connectivity index is 2.13. The minimum absolute atomic E-state index is 0.225. The van der Waals surface area contributed by atoms with Crippen LogP contribution in [0.4, 0.5) is 0 Å². The van der Waals surface area contributed by atoms with E-state index in [1.807, 2.05) is 42.5 Å². The van der Waals surface area contributed by atoms with E-state index in [1.165, 1.54) is 11.1 Å². The molecule has 0 aromatic heterocycles. The van der Waals surface area contributed by atoms with Gasteiger partial charge in [0.1, 0.15) is 0 Å². The third kappa shape index (κ3) is 3.18. The first-order valence-electron chi connectivity index (χ1n) is 8.11. The second-order valence-corrected chi connectivity index (χ2v) is 8.10. The molecule has 1 nitrogen and oxygen atoms in total. The van der Waals surface area contributed by atoms with Gasteiger partial charge in [-0.05, 0) is 48.1 Å². The van der Waals surface area contributed by atoms with Gasteiger partial charge in [0.05, 0.1) is 0 Å². The maximum Gasteiger partial charge on any atom is 0.193 e. The van der Waals surface area contributed by atoms with Crippen LogP contribution in [0.5, 0.6) is 0 Å². The van der Waals surface area contributed by atoms with Crippen LogP contribution in [0.15, 0.2) is 72.8 Å². The Hall–Kier alpha value is -2.24. The molecule has 0 aliphatic heterocycles. The summed E-state index contributed by atoms with van der Waals surface area (Å²) >= 11 is 0. The predicted octanol–water partition coefficient (Wildman–Crippen LogP) is 4.88. The fourth-order valence-corrected chi connectivity index (χ4v) is 5.04. The zero-order valence-electron chi connectivity index (χ0n) is 14.3. The average molecular weight is 332 g/mol. The summed E-state index contributed by atoms with van der Waals surface area (Å²) in [6, 6.07) is 24.3. The highest BCUT2D eigenvalue weighted by Gasteiger charge is 2.25. The second-order valence-electron chi connectivity index (χ2n) is 5.99. The Labute approximate surface area is 145 Å². The smallest absolute Gasteiger partial charge is 0.193 e. The summed E-state index contributed by atoms with van der Waals surface area (Å²) in [6.07, 6.45) is 0. The Morgan fingerprint density at radius 3 is 1.67 bits per heavy atom. The number of benzene rings is 3. The molecule has 120 valence electrons. The Bertz CT molecular complexity index is 814. The van der Waals surface area contributed by atoms with Crippen LogP contribution in [-0.2, 0) is 0 Å². The van der Waals surface area contributed by atoms with Gasteiger partial charge >= 0.3 is 0 Å². The van der Waals surface area contributed by atoms with E-state index in [0.717, 1.165) is 21.7 Å². The molecule has 0 bridgehead atoms. The molecule has 24 heavy (non-hydrogen) atoms. The molecular formula is C22H21OP. The van der Waals surface area contributed by atoms with Crippen molar-refractivity contribution in [2.75, 3.05) is 0 Å². The van der Waals surface area contributed by atoms with Crippen LogP contribution in [-0.4, -0.2) is 5.52 Å². The molecule has 3 aromatic carbocycles. The normalized spacial score (nSPS) is 10.8. The van der Waals surface area contributed by atoms with Crippen LogP contribution in [0.1, 0.15) is 27.0 Å². The maximum atomic E-state index is 13.5. The lowest BCUT2D eigenvalue weighted by Crippen LogP contribution is -2.19. The summed E-state index contributed by atoms with van der Waals surface area (Å²) in [6.45, 7) is 6.24. The molecular weight excluding hydrogens is 311 g/mol. The summed E-state index contributed by atoms with van der Waals surface area (Å²) < 4.78 is 0. The quantitative estimate of drug-likeness (QED) is 0.622. The Kier molecular flexibility index (Phi) is 4.92. The molecule has 2 heteroatoms. The SMILES string of the molecule is Cc1ccc(C(=O)P(c2ccccc2)c2ccccc2)c(C)c1C. The van der Waals surface area contributed by atoms with Crippen molar-refractivity contribution in [1.29, 1.82) is 0 Å². The highest BCUT2D eigenvalue weighted by molar-refractivity contribution is 7.88. The van der Waals surface area contributed by atoms with Gasteiger partial charge in [-0.2, -0.15) is 0 Å². The van der Waals surface area contributed by atoms with Gasteiger partial charge < -0.3 is 0 Å². The number of hydrogen-bond acceptors (Lipinski definition) is 1. The maximum absolute atomic E-state index is 13.5. The van der Waals surface area contributed by atoms with Crippen molar-refractivity contribution >= 4 is 24.1 Å². The van der Waals surface area contributed by atoms with Crippen molar-refractivity contribution < 1.29 is 4.79 Å². The van der Waals surface area contributed by atoms with Crippen molar-refractivity contribution in [3.8, 4) is 0 Å². The number of carbonyl (C=O) groups excluding carboxylic acids is 1. The van der Waals surface area contributed by atoms with E-state index in [2.05, 4.69) is 51.1 Å². The fourth-order valence-electron chi connectivity index (χ4n) is 2.85. The van der Waals surface area contributed by atoms with E-state index in [0.29, 0.717) is 0 Å². The summed E-state index contributed by atoms with van der Waals surface area (Å²) in [4.78, 5) is 13.5. The van der Waals surface area contributed by atoms with Gasteiger partial charge in [-0.15, -0.1) is 0 Å². The fraction of sp³-hybridized carbons (Fsp3) is 0.136. The zero-order valence-corrected chi connectivity index (χ0v) is 15.2. The number of aryl methyl sites for hydroxylation is 1. The lowest BCUT2D eigenvalue weighted by molar-refractivity contribution is 0.108. The molecule has 0 saturated heterocycles. The minimum atomic E-state index is -1.07. The van der Waals surface area contributed by atoms with Crippen LogP contribution >= 0.6 is 7.92 Å². The first-order valence-corrected chi connectivity index (χ1v) is 9.45. The van der Waals surface area contributed by atoms with Crippen molar-refractivity contribution in [2.45, 2.75) is 20.8 Å².